The molecule has 0 spiro atoms. The van der Waals surface area contributed by atoms with Crippen LogP contribution in [-0.4, -0.2) is 30.5 Å². The Kier molecular flexibility index (Phi) is 2.08. The molecule has 3 aliphatic rings. The lowest BCUT2D eigenvalue weighted by molar-refractivity contribution is -0.145. The van der Waals surface area contributed by atoms with Gasteiger partial charge in [-0.15, -0.1) is 11.6 Å². The van der Waals surface area contributed by atoms with E-state index in [1.54, 1.807) is 0 Å². The third-order valence-electron chi connectivity index (χ3n) is 2.75. The van der Waals surface area contributed by atoms with E-state index in [-0.39, 0.29) is 12.0 Å². The summed E-state index contributed by atoms with van der Waals surface area (Å²) in [6.07, 6.45) is 4.75. The second-order valence-electron chi connectivity index (χ2n) is 3.59. The predicted molar refractivity (Wildman–Crippen MR) is 49.6 cm³/mol. The zero-order valence-corrected chi connectivity index (χ0v) is 8.17. The van der Waals surface area contributed by atoms with E-state index in [0.29, 0.717) is 12.3 Å². The standard InChI is InChI=1S/C9H12ClNO2/c1-13-8(12)9(10)4-6-2-3-7(9)11-5-6/h2-3,6-7,11H,4-5H2,1H3/t6?,7-,9+/m0/s1. The Morgan fingerprint density at radius 1 is 1.69 bits per heavy atom. The summed E-state index contributed by atoms with van der Waals surface area (Å²) in [5.41, 5.74) is 0. The van der Waals surface area contributed by atoms with Crippen LogP contribution in [0.15, 0.2) is 12.2 Å². The Morgan fingerprint density at radius 3 is 2.85 bits per heavy atom. The first-order valence-electron chi connectivity index (χ1n) is 4.36. The summed E-state index contributed by atoms with van der Waals surface area (Å²) in [7, 11) is 1.37. The normalized spacial score (nSPS) is 42.0. The Morgan fingerprint density at radius 2 is 2.46 bits per heavy atom. The van der Waals surface area contributed by atoms with E-state index >= 15 is 0 Å². The molecule has 1 unspecified atom stereocenters. The molecular formula is C9H12ClNO2. The quantitative estimate of drug-likeness (QED) is 0.385. The lowest BCUT2D eigenvalue weighted by Crippen LogP contribution is -2.60. The van der Waals surface area contributed by atoms with Crippen molar-refractivity contribution in [1.29, 1.82) is 0 Å². The van der Waals surface area contributed by atoms with Crippen LogP contribution in [0.4, 0.5) is 0 Å². The lowest BCUT2D eigenvalue weighted by Gasteiger charge is -2.42. The fraction of sp³-hybridized carbons (Fsp3) is 0.667. The Bertz CT molecular complexity index is 266. The van der Waals surface area contributed by atoms with Gasteiger partial charge in [-0.05, 0) is 12.3 Å². The first-order chi connectivity index (χ1) is 6.16. The molecule has 0 radical (unpaired) electrons. The Balaban J connectivity index is 2.25. The smallest absolute Gasteiger partial charge is 0.328 e. The number of carbonyl (C=O) groups excluding carboxylic acids is 1. The third kappa shape index (κ3) is 1.27. The Labute approximate surface area is 82.1 Å². The van der Waals surface area contributed by atoms with Crippen LogP contribution in [0.2, 0.25) is 0 Å². The average Bonchev–Trinajstić information content (AvgIpc) is 2.18. The van der Waals surface area contributed by atoms with E-state index in [1.165, 1.54) is 7.11 Å². The highest BCUT2D eigenvalue weighted by Gasteiger charge is 2.50. The summed E-state index contributed by atoms with van der Waals surface area (Å²) in [5.74, 6) is 0.0299. The maximum absolute atomic E-state index is 11.5. The molecule has 4 heteroatoms. The maximum atomic E-state index is 11.5. The molecular weight excluding hydrogens is 190 g/mol. The number of methoxy groups -OCH3 is 1. The topological polar surface area (TPSA) is 38.3 Å². The fourth-order valence-electron chi connectivity index (χ4n) is 2.03. The summed E-state index contributed by atoms with van der Waals surface area (Å²) in [5, 5.41) is 3.20. The van der Waals surface area contributed by atoms with E-state index in [4.69, 9.17) is 16.3 Å². The van der Waals surface area contributed by atoms with Gasteiger partial charge in [-0.1, -0.05) is 12.2 Å². The van der Waals surface area contributed by atoms with Crippen LogP contribution < -0.4 is 5.32 Å². The molecule has 2 bridgehead atoms. The van der Waals surface area contributed by atoms with Crippen molar-refractivity contribution in [1.82, 2.24) is 5.32 Å². The van der Waals surface area contributed by atoms with Crippen molar-refractivity contribution in [2.24, 2.45) is 5.92 Å². The number of nitrogens with one attached hydrogen (secondary N) is 1. The first-order valence-corrected chi connectivity index (χ1v) is 4.73. The van der Waals surface area contributed by atoms with Crippen LogP contribution in [0.3, 0.4) is 0 Å². The molecule has 2 aliphatic heterocycles. The molecule has 13 heavy (non-hydrogen) atoms. The number of hydrogen-bond donors (Lipinski definition) is 1. The van der Waals surface area contributed by atoms with Gasteiger partial charge < -0.3 is 10.1 Å². The highest BCUT2D eigenvalue weighted by Crippen LogP contribution is 2.38. The third-order valence-corrected chi connectivity index (χ3v) is 3.30. The molecule has 3 nitrogen and oxygen atoms in total. The van der Waals surface area contributed by atoms with Crippen molar-refractivity contribution in [3.63, 3.8) is 0 Å². The minimum atomic E-state index is -0.883. The van der Waals surface area contributed by atoms with E-state index in [0.717, 1.165) is 6.54 Å². The van der Waals surface area contributed by atoms with Crippen molar-refractivity contribution >= 4 is 17.6 Å². The van der Waals surface area contributed by atoms with Gasteiger partial charge in [-0.25, -0.2) is 0 Å². The monoisotopic (exact) mass is 201 g/mol. The molecule has 0 saturated carbocycles. The number of esters is 1. The van der Waals surface area contributed by atoms with Gasteiger partial charge in [0.2, 0.25) is 0 Å². The van der Waals surface area contributed by atoms with Gasteiger partial charge in [-0.3, -0.25) is 4.79 Å². The number of fused-ring (bicyclic) bond motifs is 2. The van der Waals surface area contributed by atoms with Gasteiger partial charge >= 0.3 is 5.97 Å². The molecule has 1 N–H and O–H groups in total. The van der Waals surface area contributed by atoms with Crippen molar-refractivity contribution in [3.05, 3.63) is 12.2 Å². The minimum Gasteiger partial charge on any atom is -0.468 e. The SMILES string of the molecule is COC(=O)[C@@]1(Cl)CC2C=C[C@@H]1NC2. The maximum Gasteiger partial charge on any atom is 0.328 e. The number of carbonyl (C=O) groups is 1. The molecule has 0 aromatic carbocycles. The van der Waals surface area contributed by atoms with Crippen LogP contribution in [0.25, 0.3) is 0 Å². The number of ether oxygens (including phenoxy) is 1. The summed E-state index contributed by atoms with van der Waals surface area (Å²) in [6.45, 7) is 0.909. The molecule has 1 saturated heterocycles. The van der Waals surface area contributed by atoms with Gasteiger partial charge in [0.25, 0.3) is 0 Å². The molecule has 0 aromatic heterocycles. The predicted octanol–water partition coefficient (Wildman–Crippen LogP) is 0.685. The van der Waals surface area contributed by atoms with Crippen molar-refractivity contribution in [2.45, 2.75) is 17.3 Å². The molecule has 0 aromatic rings. The van der Waals surface area contributed by atoms with Crippen LogP contribution in [-0.2, 0) is 9.53 Å². The van der Waals surface area contributed by atoms with Crippen LogP contribution in [0.5, 0.6) is 0 Å². The summed E-state index contributed by atoms with van der Waals surface area (Å²) in [6, 6.07) is -0.0772. The second kappa shape index (κ2) is 3.00. The van der Waals surface area contributed by atoms with E-state index in [1.807, 2.05) is 6.08 Å². The molecule has 3 rings (SSSR count). The molecule has 1 fully saturated rings. The van der Waals surface area contributed by atoms with Crippen LogP contribution in [0, 0.1) is 5.92 Å². The van der Waals surface area contributed by atoms with Crippen molar-refractivity contribution < 1.29 is 9.53 Å². The van der Waals surface area contributed by atoms with Gasteiger partial charge in [-0.2, -0.15) is 0 Å². The van der Waals surface area contributed by atoms with Gasteiger partial charge in [0.15, 0.2) is 4.87 Å². The van der Waals surface area contributed by atoms with E-state index in [9.17, 15) is 4.79 Å². The minimum absolute atomic E-state index is 0.0772. The number of piperidine rings is 1. The Hall–Kier alpha value is -0.540. The molecule has 1 aliphatic carbocycles. The number of hydrogen-bond acceptors (Lipinski definition) is 3. The lowest BCUT2D eigenvalue weighted by atomic mass is 9.78. The van der Waals surface area contributed by atoms with E-state index < -0.39 is 4.87 Å². The first kappa shape index (κ1) is 9.03. The van der Waals surface area contributed by atoms with Gasteiger partial charge in [0.05, 0.1) is 13.2 Å². The number of rotatable bonds is 1. The van der Waals surface area contributed by atoms with Crippen molar-refractivity contribution in [2.75, 3.05) is 13.7 Å². The van der Waals surface area contributed by atoms with Crippen molar-refractivity contribution in [3.8, 4) is 0 Å². The van der Waals surface area contributed by atoms with Gasteiger partial charge in [0, 0.05) is 6.54 Å². The molecule has 2 heterocycles. The van der Waals surface area contributed by atoms with Gasteiger partial charge in [0.1, 0.15) is 0 Å². The molecule has 0 amide bonds. The number of halogens is 1. The van der Waals surface area contributed by atoms with Crippen LogP contribution >= 0.6 is 11.6 Å². The number of alkyl halides is 1. The second-order valence-corrected chi connectivity index (χ2v) is 4.26. The summed E-state index contributed by atoms with van der Waals surface area (Å²) < 4.78 is 4.70. The van der Waals surface area contributed by atoms with Crippen LogP contribution in [0.1, 0.15) is 6.42 Å². The fourth-order valence-corrected chi connectivity index (χ4v) is 2.45. The highest BCUT2D eigenvalue weighted by atomic mass is 35.5. The largest absolute Gasteiger partial charge is 0.468 e. The van der Waals surface area contributed by atoms with E-state index in [2.05, 4.69) is 11.4 Å². The zero-order chi connectivity index (χ0) is 9.47. The zero-order valence-electron chi connectivity index (χ0n) is 7.42. The average molecular weight is 202 g/mol. The highest BCUT2D eigenvalue weighted by molar-refractivity contribution is 6.35. The summed E-state index contributed by atoms with van der Waals surface area (Å²) >= 11 is 6.23. The summed E-state index contributed by atoms with van der Waals surface area (Å²) in [4.78, 5) is 10.6. The molecule has 72 valence electrons. The molecule has 3 atom stereocenters.